The first-order chi connectivity index (χ1) is 14.0. The number of imide groups is 1. The zero-order valence-corrected chi connectivity index (χ0v) is 16.4. The number of carbonyl (C=O) groups excluding carboxylic acids is 3. The van der Waals surface area contributed by atoms with Gasteiger partial charge in [-0.1, -0.05) is 53.4 Å². The fourth-order valence-corrected chi connectivity index (χ4v) is 4.51. The van der Waals surface area contributed by atoms with Gasteiger partial charge in [0.25, 0.3) is 11.8 Å². The van der Waals surface area contributed by atoms with E-state index in [1.54, 1.807) is 42.5 Å². The second-order valence-corrected chi connectivity index (χ2v) is 8.24. The summed E-state index contributed by atoms with van der Waals surface area (Å²) in [5, 5.41) is 10.6. The van der Waals surface area contributed by atoms with E-state index in [1.165, 1.54) is 17.8 Å². The minimum atomic E-state index is -0.554. The maximum atomic E-state index is 13.7. The molecule has 1 aliphatic rings. The number of thioether (sulfide) groups is 1. The summed E-state index contributed by atoms with van der Waals surface area (Å²) in [6, 6.07) is 12.9. The van der Waals surface area contributed by atoms with E-state index < -0.39 is 24.3 Å². The lowest BCUT2D eigenvalue weighted by molar-refractivity contribution is -0.116. The third-order valence-electron chi connectivity index (χ3n) is 4.14. The van der Waals surface area contributed by atoms with Crippen molar-refractivity contribution in [3.05, 3.63) is 71.0 Å². The van der Waals surface area contributed by atoms with Crippen LogP contribution in [0.25, 0.3) is 0 Å². The minimum Gasteiger partial charge on any atom is -0.299 e. The number of aromatic nitrogens is 2. The third-order valence-corrected chi connectivity index (χ3v) is 6.16. The highest BCUT2D eigenvalue weighted by molar-refractivity contribution is 8.00. The van der Waals surface area contributed by atoms with E-state index in [9.17, 15) is 18.8 Å². The summed E-state index contributed by atoms with van der Waals surface area (Å²) in [7, 11) is 0. The molecule has 0 spiro atoms. The Morgan fingerprint density at radius 1 is 1.03 bits per heavy atom. The molecule has 0 saturated carbocycles. The SMILES string of the molecule is O=C(CN1C(=O)c2ccccc2C1=O)Nc1nnc(SCc2ccccc2F)s1. The molecule has 146 valence electrons. The maximum absolute atomic E-state index is 13.7. The van der Waals surface area contributed by atoms with Crippen molar-refractivity contribution in [2.75, 3.05) is 11.9 Å². The Bertz CT molecular complexity index is 1080. The quantitative estimate of drug-likeness (QED) is 0.368. The van der Waals surface area contributed by atoms with E-state index in [-0.39, 0.29) is 22.1 Å². The summed E-state index contributed by atoms with van der Waals surface area (Å²) in [4.78, 5) is 37.8. The molecule has 1 aromatic heterocycles. The van der Waals surface area contributed by atoms with Gasteiger partial charge in [0.1, 0.15) is 12.4 Å². The van der Waals surface area contributed by atoms with Crippen LogP contribution in [0.5, 0.6) is 0 Å². The van der Waals surface area contributed by atoms with Crippen LogP contribution >= 0.6 is 23.1 Å². The smallest absolute Gasteiger partial charge is 0.262 e. The maximum Gasteiger partial charge on any atom is 0.262 e. The van der Waals surface area contributed by atoms with Crippen LogP contribution < -0.4 is 5.32 Å². The molecular formula is C19H13FN4O3S2. The van der Waals surface area contributed by atoms with Crippen molar-refractivity contribution >= 4 is 46.0 Å². The molecule has 3 amide bonds. The first-order valence-corrected chi connectivity index (χ1v) is 10.3. The van der Waals surface area contributed by atoms with Crippen LogP contribution in [-0.2, 0) is 10.5 Å². The van der Waals surface area contributed by atoms with Gasteiger partial charge in [0.05, 0.1) is 11.1 Å². The van der Waals surface area contributed by atoms with Gasteiger partial charge in [-0.2, -0.15) is 0 Å². The predicted molar refractivity (Wildman–Crippen MR) is 106 cm³/mol. The molecular weight excluding hydrogens is 415 g/mol. The standard InChI is InChI=1S/C19H13FN4O3S2/c20-14-8-4-1-5-11(14)10-28-19-23-22-18(29-19)21-15(25)9-24-16(26)12-6-2-3-7-13(12)17(24)27/h1-8H,9-10H2,(H,21,22,25). The summed E-state index contributed by atoms with van der Waals surface area (Å²) < 4.78 is 14.2. The van der Waals surface area contributed by atoms with Crippen molar-refractivity contribution in [1.82, 2.24) is 15.1 Å². The topological polar surface area (TPSA) is 92.3 Å². The average Bonchev–Trinajstić information content (AvgIpc) is 3.26. The first kappa shape index (κ1) is 19.2. The molecule has 1 N–H and O–H groups in total. The van der Waals surface area contributed by atoms with Crippen molar-refractivity contribution in [2.45, 2.75) is 10.1 Å². The predicted octanol–water partition coefficient (Wildman–Crippen LogP) is 3.20. The number of hydrogen-bond acceptors (Lipinski definition) is 7. The Morgan fingerprint density at radius 2 is 1.69 bits per heavy atom. The highest BCUT2D eigenvalue weighted by Gasteiger charge is 2.36. The van der Waals surface area contributed by atoms with Crippen LogP contribution in [0.4, 0.5) is 9.52 Å². The van der Waals surface area contributed by atoms with E-state index in [0.29, 0.717) is 15.7 Å². The highest BCUT2D eigenvalue weighted by atomic mass is 32.2. The molecule has 10 heteroatoms. The van der Waals surface area contributed by atoms with E-state index in [2.05, 4.69) is 15.5 Å². The van der Waals surface area contributed by atoms with E-state index in [0.717, 1.165) is 16.2 Å². The molecule has 0 unspecified atom stereocenters. The number of rotatable bonds is 6. The Morgan fingerprint density at radius 3 is 2.38 bits per heavy atom. The molecule has 1 aliphatic heterocycles. The number of halogens is 1. The monoisotopic (exact) mass is 428 g/mol. The minimum absolute atomic E-state index is 0.239. The van der Waals surface area contributed by atoms with Crippen molar-refractivity contribution in [2.24, 2.45) is 0 Å². The fraction of sp³-hybridized carbons (Fsp3) is 0.105. The zero-order chi connectivity index (χ0) is 20.4. The van der Waals surface area contributed by atoms with Gasteiger partial charge in [0.15, 0.2) is 4.34 Å². The van der Waals surface area contributed by atoms with E-state index >= 15 is 0 Å². The molecule has 0 fully saturated rings. The number of amides is 3. The van der Waals surface area contributed by atoms with Gasteiger partial charge in [-0.3, -0.25) is 24.6 Å². The van der Waals surface area contributed by atoms with Crippen LogP contribution in [0.15, 0.2) is 52.9 Å². The Kier molecular flexibility index (Phi) is 5.36. The second-order valence-electron chi connectivity index (χ2n) is 6.04. The molecule has 0 atom stereocenters. The lowest BCUT2D eigenvalue weighted by Gasteiger charge is -2.12. The number of hydrogen-bond donors (Lipinski definition) is 1. The molecule has 0 aliphatic carbocycles. The number of nitrogens with one attached hydrogen (secondary N) is 1. The molecule has 2 aromatic carbocycles. The largest absolute Gasteiger partial charge is 0.299 e. The number of nitrogens with zero attached hydrogens (tertiary/aromatic N) is 3. The third kappa shape index (κ3) is 4.03. The fourth-order valence-electron chi connectivity index (χ4n) is 2.76. The summed E-state index contributed by atoms with van der Waals surface area (Å²) >= 11 is 2.43. The van der Waals surface area contributed by atoms with E-state index in [1.807, 2.05) is 0 Å². The van der Waals surface area contributed by atoms with Gasteiger partial charge in [0.2, 0.25) is 11.0 Å². The average molecular weight is 428 g/mol. The van der Waals surface area contributed by atoms with Crippen LogP contribution in [0.3, 0.4) is 0 Å². The molecule has 2 heterocycles. The second kappa shape index (κ2) is 8.10. The zero-order valence-electron chi connectivity index (χ0n) is 14.8. The Labute approximate surface area is 172 Å². The van der Waals surface area contributed by atoms with Crippen LogP contribution in [0.1, 0.15) is 26.3 Å². The van der Waals surface area contributed by atoms with Crippen molar-refractivity contribution in [3.63, 3.8) is 0 Å². The van der Waals surface area contributed by atoms with Crippen LogP contribution in [0.2, 0.25) is 0 Å². The lowest BCUT2D eigenvalue weighted by Crippen LogP contribution is -2.37. The molecule has 29 heavy (non-hydrogen) atoms. The summed E-state index contributed by atoms with van der Waals surface area (Å²) in [5.74, 6) is -1.47. The number of carbonyl (C=O) groups is 3. The summed E-state index contributed by atoms with van der Waals surface area (Å²) in [6.45, 7) is -0.413. The molecule has 0 bridgehead atoms. The molecule has 7 nitrogen and oxygen atoms in total. The van der Waals surface area contributed by atoms with Gasteiger partial charge in [-0.05, 0) is 23.8 Å². The molecule has 4 rings (SSSR count). The van der Waals surface area contributed by atoms with Gasteiger partial charge in [0, 0.05) is 5.75 Å². The van der Waals surface area contributed by atoms with Gasteiger partial charge < -0.3 is 0 Å². The van der Waals surface area contributed by atoms with Gasteiger partial charge in [-0.25, -0.2) is 4.39 Å². The van der Waals surface area contributed by atoms with Crippen molar-refractivity contribution < 1.29 is 18.8 Å². The van der Waals surface area contributed by atoms with Crippen molar-refractivity contribution in [1.29, 1.82) is 0 Å². The van der Waals surface area contributed by atoms with Gasteiger partial charge in [-0.15, -0.1) is 10.2 Å². The molecule has 3 aromatic rings. The highest BCUT2D eigenvalue weighted by Crippen LogP contribution is 2.29. The van der Waals surface area contributed by atoms with Crippen LogP contribution in [-0.4, -0.2) is 39.4 Å². The summed E-state index contributed by atoms with van der Waals surface area (Å²) in [6.07, 6.45) is 0. The molecule has 0 saturated heterocycles. The van der Waals surface area contributed by atoms with E-state index in [4.69, 9.17) is 0 Å². The summed E-state index contributed by atoms with van der Waals surface area (Å²) in [5.41, 5.74) is 1.12. The lowest BCUT2D eigenvalue weighted by atomic mass is 10.1. The Hall–Kier alpha value is -3.11. The van der Waals surface area contributed by atoms with Crippen molar-refractivity contribution in [3.8, 4) is 0 Å². The first-order valence-electron chi connectivity index (χ1n) is 8.47. The van der Waals surface area contributed by atoms with Crippen LogP contribution in [0, 0.1) is 5.82 Å². The number of benzene rings is 2. The number of anilines is 1. The van der Waals surface area contributed by atoms with Gasteiger partial charge >= 0.3 is 0 Å². The Balaban J connectivity index is 1.35. The molecule has 0 radical (unpaired) electrons. The normalized spacial score (nSPS) is 12.9. The number of fused-ring (bicyclic) bond motifs is 1.